The molecule has 1 saturated heterocycles. The first-order chi connectivity index (χ1) is 24.9. The maximum Gasteiger partial charge on any atom is 0.338 e. The van der Waals surface area contributed by atoms with E-state index in [1.165, 1.54) is 57.8 Å². The lowest BCUT2D eigenvalue weighted by atomic mass is 9.47. The Bertz CT molecular complexity index is 1440. The molecule has 5 aliphatic rings. The van der Waals surface area contributed by atoms with E-state index in [0.717, 1.165) is 48.3 Å². The molecule has 1 aliphatic heterocycles. The molecule has 0 unspecified atom stereocenters. The first kappa shape index (κ1) is 41.9. The van der Waals surface area contributed by atoms with Crippen molar-refractivity contribution in [1.82, 2.24) is 0 Å². The molecule has 0 aromatic heterocycles. The summed E-state index contributed by atoms with van der Waals surface area (Å²) >= 11 is 2.47. The second-order valence-electron chi connectivity index (χ2n) is 20.5. The van der Waals surface area contributed by atoms with Gasteiger partial charge in [0.1, 0.15) is 6.10 Å². The molecule has 3 saturated carbocycles. The Morgan fingerprint density at radius 3 is 2.38 bits per heavy atom. The van der Waals surface area contributed by atoms with Gasteiger partial charge in [-0.2, -0.15) is 0 Å². The molecule has 1 aromatic carbocycles. The van der Waals surface area contributed by atoms with E-state index in [2.05, 4.69) is 97.2 Å². The van der Waals surface area contributed by atoms with Crippen LogP contribution in [-0.4, -0.2) is 48.9 Å². The third-order valence-electron chi connectivity index (χ3n) is 15.8. The molecule has 13 atom stereocenters. The van der Waals surface area contributed by atoms with Gasteiger partial charge in [0.15, 0.2) is 20.7 Å². The fraction of sp³-hybridized carbons (Fsp3) is 0.804. The van der Waals surface area contributed by atoms with Gasteiger partial charge in [0.2, 0.25) is 0 Å². The zero-order valence-corrected chi connectivity index (χ0v) is 38.2. The summed E-state index contributed by atoms with van der Waals surface area (Å²) in [6, 6.07) is 9.27. The third-order valence-corrected chi connectivity index (χ3v) is 21.6. The maximum absolute atomic E-state index is 13.4. The Labute approximate surface area is 338 Å². The van der Waals surface area contributed by atoms with Gasteiger partial charge in [-0.05, 0) is 135 Å². The first-order valence-corrected chi connectivity index (χ1v) is 25.6. The van der Waals surface area contributed by atoms with Gasteiger partial charge < -0.3 is 18.6 Å². The van der Waals surface area contributed by atoms with Gasteiger partial charge in [0.05, 0.1) is 21.7 Å². The lowest BCUT2D eigenvalue weighted by Crippen LogP contribution is -2.61. The number of alkyl halides is 1. The van der Waals surface area contributed by atoms with Crippen LogP contribution in [0.5, 0.6) is 0 Å². The van der Waals surface area contributed by atoms with E-state index in [4.69, 9.17) is 18.6 Å². The van der Waals surface area contributed by atoms with Crippen LogP contribution in [0.3, 0.4) is 0 Å². The van der Waals surface area contributed by atoms with Crippen LogP contribution in [0, 0.1) is 46.3 Å². The largest absolute Gasteiger partial charge is 0.453 e. The molecule has 298 valence electrons. The molecule has 0 amide bonds. The van der Waals surface area contributed by atoms with Gasteiger partial charge in [0, 0.05) is 0 Å². The van der Waals surface area contributed by atoms with E-state index < -0.39 is 20.7 Å². The molecule has 0 bridgehead atoms. The van der Waals surface area contributed by atoms with E-state index >= 15 is 0 Å². The number of benzene rings is 1. The summed E-state index contributed by atoms with van der Waals surface area (Å²) in [5.41, 5.74) is 2.98. The summed E-state index contributed by atoms with van der Waals surface area (Å²) < 4.78 is 26.9. The molecule has 1 aromatic rings. The Balaban J connectivity index is 1.14. The molecular formula is C46H73IO5Si. The van der Waals surface area contributed by atoms with Crippen LogP contribution in [-0.2, 0) is 18.6 Å². The van der Waals surface area contributed by atoms with Gasteiger partial charge in [-0.3, -0.25) is 0 Å². The second kappa shape index (κ2) is 16.3. The first-order valence-electron chi connectivity index (χ1n) is 21.4. The highest BCUT2D eigenvalue weighted by molar-refractivity contribution is 14.1. The average Bonchev–Trinajstić information content (AvgIpc) is 3.45. The number of halogens is 1. The van der Waals surface area contributed by atoms with E-state index in [9.17, 15) is 4.79 Å². The van der Waals surface area contributed by atoms with Crippen LogP contribution in [0.15, 0.2) is 42.0 Å². The molecular weight excluding hydrogens is 787 g/mol. The van der Waals surface area contributed by atoms with Crippen LogP contribution in [0.2, 0.25) is 18.1 Å². The fourth-order valence-corrected chi connectivity index (χ4v) is 14.1. The minimum absolute atomic E-state index is 0.00997. The summed E-state index contributed by atoms with van der Waals surface area (Å²) in [5, 5.41) is 0.00997. The minimum Gasteiger partial charge on any atom is -0.453 e. The van der Waals surface area contributed by atoms with Crippen LogP contribution in [0.1, 0.15) is 143 Å². The van der Waals surface area contributed by atoms with Crippen molar-refractivity contribution in [2.75, 3.05) is 0 Å². The van der Waals surface area contributed by atoms with Crippen molar-refractivity contribution in [3.63, 3.8) is 0 Å². The summed E-state index contributed by atoms with van der Waals surface area (Å²) in [4.78, 5) is 13.4. The molecule has 1 heterocycles. The molecule has 7 heteroatoms. The van der Waals surface area contributed by atoms with Gasteiger partial charge in [-0.25, -0.2) is 4.79 Å². The van der Waals surface area contributed by atoms with Gasteiger partial charge >= 0.3 is 5.97 Å². The molecule has 4 fully saturated rings. The summed E-state index contributed by atoms with van der Waals surface area (Å²) in [6.07, 6.45) is 15.5. The van der Waals surface area contributed by atoms with E-state index in [0.29, 0.717) is 11.0 Å². The standard InChI is InChI=1S/C46H73IO5Si/c1-29(2)16-15-17-30(3)36-22-23-37-35-21-20-33-28-34(24-26-45(33,8)38(35)25-27-46(36,37)9)50-43-39(47)41(52-53(10,11)44(5,6)7)40(31(4)49-43)51-42(48)32-18-13-12-14-19-32/h12-14,18-20,29-31,34-41,43H,15-17,21-28H2,1-11H3/t30-,31-,34+,35+,36-,37+,38+,39+,40-,41-,43-,45+,46-/m1/s1. The quantitative estimate of drug-likeness (QED) is 0.0729. The van der Waals surface area contributed by atoms with E-state index in [1.807, 2.05) is 25.1 Å². The Kier molecular flexibility index (Phi) is 12.8. The van der Waals surface area contributed by atoms with Gasteiger partial charge in [-0.1, -0.05) is 127 Å². The minimum atomic E-state index is -2.22. The molecule has 0 N–H and O–H groups in total. The number of fused-ring (bicyclic) bond motifs is 5. The van der Waals surface area contributed by atoms with Crippen LogP contribution in [0.4, 0.5) is 0 Å². The van der Waals surface area contributed by atoms with Crippen molar-refractivity contribution >= 4 is 36.9 Å². The molecule has 5 nitrogen and oxygen atoms in total. The van der Waals surface area contributed by atoms with Gasteiger partial charge in [0.25, 0.3) is 0 Å². The third kappa shape index (κ3) is 8.46. The number of hydrogen-bond acceptors (Lipinski definition) is 5. The highest BCUT2D eigenvalue weighted by atomic mass is 127. The maximum atomic E-state index is 13.4. The number of hydrogen-bond donors (Lipinski definition) is 0. The van der Waals surface area contributed by atoms with Crippen LogP contribution in [0.25, 0.3) is 0 Å². The monoisotopic (exact) mass is 860 g/mol. The van der Waals surface area contributed by atoms with Crippen molar-refractivity contribution in [3.05, 3.63) is 47.5 Å². The predicted molar refractivity (Wildman–Crippen MR) is 228 cm³/mol. The smallest absolute Gasteiger partial charge is 0.338 e. The average molecular weight is 861 g/mol. The van der Waals surface area contributed by atoms with Crippen molar-refractivity contribution < 1.29 is 23.4 Å². The Morgan fingerprint density at radius 2 is 1.70 bits per heavy atom. The van der Waals surface area contributed by atoms with Crippen molar-refractivity contribution in [1.29, 1.82) is 0 Å². The zero-order valence-electron chi connectivity index (χ0n) is 35.1. The van der Waals surface area contributed by atoms with E-state index in [1.54, 1.807) is 17.7 Å². The number of allylic oxidation sites excluding steroid dienone is 1. The summed E-state index contributed by atoms with van der Waals surface area (Å²) in [6.45, 7) is 26.0. The Hall–Kier alpha value is -0.743. The van der Waals surface area contributed by atoms with Crippen LogP contribution < -0.4 is 0 Å². The molecule has 0 spiro atoms. The van der Waals surface area contributed by atoms with Crippen molar-refractivity contribution in [2.24, 2.45) is 46.3 Å². The fourth-order valence-electron chi connectivity index (χ4n) is 11.6. The molecule has 4 aliphatic carbocycles. The normalized spacial score (nSPS) is 39.5. The van der Waals surface area contributed by atoms with E-state index in [-0.39, 0.29) is 38.7 Å². The molecule has 0 radical (unpaired) electrons. The van der Waals surface area contributed by atoms with Crippen LogP contribution >= 0.6 is 22.6 Å². The summed E-state index contributed by atoms with van der Waals surface area (Å²) in [7, 11) is -2.22. The topological polar surface area (TPSA) is 54.0 Å². The Morgan fingerprint density at radius 1 is 0.981 bits per heavy atom. The van der Waals surface area contributed by atoms with Gasteiger partial charge in [-0.15, -0.1) is 0 Å². The number of carbonyl (C=O) groups excluding carboxylic acids is 1. The zero-order chi connectivity index (χ0) is 38.5. The van der Waals surface area contributed by atoms with Crippen molar-refractivity contribution in [3.8, 4) is 0 Å². The number of esters is 1. The lowest BCUT2D eigenvalue weighted by Gasteiger charge is -2.58. The second-order valence-corrected chi connectivity index (χ2v) is 26.7. The van der Waals surface area contributed by atoms with Crippen molar-refractivity contribution in [2.45, 2.75) is 186 Å². The number of ether oxygens (including phenoxy) is 3. The lowest BCUT2D eigenvalue weighted by molar-refractivity contribution is -0.253. The highest BCUT2D eigenvalue weighted by Crippen LogP contribution is 2.67. The number of rotatable bonds is 11. The SMILES string of the molecule is CC(C)CCC[C@@H](C)[C@H]1CC[C@H]2[C@@H]3CC=C4C[C@@H](O[C@H]5O[C@H](C)[C@@H](OC(=O)c6ccccc6)[C@H](O[Si](C)(C)C(C)(C)C)[C@@H]5I)CC[C@]4(C)[C@H]3CC[C@]12C. The predicted octanol–water partition coefficient (Wildman–Crippen LogP) is 12.6. The molecule has 6 rings (SSSR count). The molecule has 53 heavy (non-hydrogen) atoms. The highest BCUT2D eigenvalue weighted by Gasteiger charge is 2.59. The number of carbonyl (C=O) groups is 1. The summed E-state index contributed by atoms with van der Waals surface area (Å²) in [5.74, 6) is 4.73.